The van der Waals surface area contributed by atoms with E-state index in [9.17, 15) is 13.2 Å². The molecule has 158 valence electrons. The van der Waals surface area contributed by atoms with Gasteiger partial charge in [0.15, 0.2) is 0 Å². The van der Waals surface area contributed by atoms with Gasteiger partial charge in [0.1, 0.15) is 0 Å². The van der Waals surface area contributed by atoms with Crippen LogP contribution in [-0.4, -0.2) is 56.3 Å². The van der Waals surface area contributed by atoms with Gasteiger partial charge in [0.2, 0.25) is 15.9 Å². The van der Waals surface area contributed by atoms with Gasteiger partial charge in [-0.05, 0) is 56.7 Å². The van der Waals surface area contributed by atoms with Crippen LogP contribution in [0.2, 0.25) is 0 Å². The number of amides is 1. The maximum Gasteiger partial charge on any atom is 0.243 e. The van der Waals surface area contributed by atoms with Gasteiger partial charge in [0.05, 0.1) is 4.90 Å². The van der Waals surface area contributed by atoms with Crippen LogP contribution in [-0.2, 0) is 14.8 Å². The van der Waals surface area contributed by atoms with Crippen LogP contribution in [0.1, 0.15) is 37.3 Å². The van der Waals surface area contributed by atoms with Crippen molar-refractivity contribution in [1.82, 2.24) is 9.21 Å². The highest BCUT2D eigenvalue weighted by Crippen LogP contribution is 2.32. The summed E-state index contributed by atoms with van der Waals surface area (Å²) in [5.74, 6) is 0.0754. The van der Waals surface area contributed by atoms with E-state index in [-0.39, 0.29) is 29.6 Å². The molecule has 2 aliphatic heterocycles. The summed E-state index contributed by atoms with van der Waals surface area (Å²) in [4.78, 5) is 15.1. The van der Waals surface area contributed by atoms with Gasteiger partial charge in [-0.1, -0.05) is 24.6 Å². The minimum atomic E-state index is -3.51. The fraction of sp³-hybridized carbons (Fsp3) is 0.650. The predicted molar refractivity (Wildman–Crippen MR) is 113 cm³/mol. The highest BCUT2D eigenvalue weighted by atomic mass is 35.5. The summed E-state index contributed by atoms with van der Waals surface area (Å²) >= 11 is 0. The summed E-state index contributed by atoms with van der Waals surface area (Å²) in [6.07, 6.45) is 2.10. The number of hydrogen-bond donors (Lipinski definition) is 1. The maximum absolute atomic E-state index is 13.0. The number of piperidine rings is 1. The first kappa shape index (κ1) is 23.1. The number of carbonyl (C=O) groups excluding carboxylic acids is 1. The van der Waals surface area contributed by atoms with Crippen LogP contribution in [0.15, 0.2) is 23.1 Å². The molecule has 3 rings (SSSR count). The minimum absolute atomic E-state index is 0. The maximum atomic E-state index is 13.0. The normalized spacial score (nSPS) is 24.2. The van der Waals surface area contributed by atoms with E-state index in [1.54, 1.807) is 6.07 Å². The second-order valence-electron chi connectivity index (χ2n) is 8.47. The van der Waals surface area contributed by atoms with Crippen LogP contribution in [0.5, 0.6) is 0 Å². The van der Waals surface area contributed by atoms with Crippen molar-refractivity contribution in [3.8, 4) is 0 Å². The highest BCUT2D eigenvalue weighted by Gasteiger charge is 2.39. The topological polar surface area (TPSA) is 83.7 Å². The summed E-state index contributed by atoms with van der Waals surface area (Å²) in [6, 6.07) is 5.41. The molecule has 1 atom stereocenters. The van der Waals surface area contributed by atoms with E-state index in [2.05, 4.69) is 6.92 Å². The molecular weight excluding hydrogens is 398 g/mol. The van der Waals surface area contributed by atoms with Crippen molar-refractivity contribution in [2.24, 2.45) is 17.1 Å². The Balaban J connectivity index is 0.00000280. The van der Waals surface area contributed by atoms with Crippen LogP contribution < -0.4 is 5.73 Å². The van der Waals surface area contributed by atoms with E-state index < -0.39 is 10.0 Å². The molecule has 2 fully saturated rings. The molecule has 0 spiro atoms. The first-order valence-electron chi connectivity index (χ1n) is 9.72. The molecule has 0 aliphatic carbocycles. The lowest BCUT2D eigenvalue weighted by Gasteiger charge is -2.33. The van der Waals surface area contributed by atoms with Crippen molar-refractivity contribution >= 4 is 28.3 Å². The van der Waals surface area contributed by atoms with E-state index >= 15 is 0 Å². The third kappa shape index (κ3) is 4.53. The average molecular weight is 430 g/mol. The Morgan fingerprint density at radius 2 is 1.86 bits per heavy atom. The number of hydrogen-bond acceptors (Lipinski definition) is 4. The molecule has 8 heteroatoms. The Morgan fingerprint density at radius 3 is 2.39 bits per heavy atom. The van der Waals surface area contributed by atoms with Crippen molar-refractivity contribution in [3.63, 3.8) is 0 Å². The second kappa shape index (κ2) is 8.69. The van der Waals surface area contributed by atoms with Gasteiger partial charge in [0.25, 0.3) is 0 Å². The minimum Gasteiger partial charge on any atom is -0.342 e. The molecule has 1 aromatic rings. The number of benzene rings is 1. The Kier molecular flexibility index (Phi) is 7.18. The van der Waals surface area contributed by atoms with E-state index in [4.69, 9.17) is 5.73 Å². The molecule has 1 amide bonds. The lowest BCUT2D eigenvalue weighted by atomic mass is 9.90. The quantitative estimate of drug-likeness (QED) is 0.796. The summed E-state index contributed by atoms with van der Waals surface area (Å²) in [6.45, 7) is 8.76. The van der Waals surface area contributed by atoms with Crippen LogP contribution in [0.25, 0.3) is 0 Å². The van der Waals surface area contributed by atoms with Gasteiger partial charge in [-0.2, -0.15) is 4.31 Å². The molecule has 28 heavy (non-hydrogen) atoms. The number of nitrogens with two attached hydrogens (primary N) is 1. The van der Waals surface area contributed by atoms with Gasteiger partial charge < -0.3 is 10.6 Å². The van der Waals surface area contributed by atoms with Gasteiger partial charge in [-0.3, -0.25) is 4.79 Å². The number of sulfonamides is 1. The fourth-order valence-corrected chi connectivity index (χ4v) is 5.88. The molecule has 0 radical (unpaired) electrons. The molecule has 6 nitrogen and oxygen atoms in total. The smallest absolute Gasteiger partial charge is 0.243 e. The zero-order valence-electron chi connectivity index (χ0n) is 17.0. The van der Waals surface area contributed by atoms with E-state index in [1.807, 2.05) is 30.9 Å². The average Bonchev–Trinajstić information content (AvgIpc) is 3.04. The van der Waals surface area contributed by atoms with Crippen molar-refractivity contribution < 1.29 is 13.2 Å². The first-order chi connectivity index (χ1) is 12.7. The standard InChI is InChI=1S/C20H31N3O3S.ClH/c1-15-4-5-18(16(2)12-15)27(25,26)23-9-6-17(7-10-23)19(24)22-11-8-20(3,13-21)14-22;/h4-5,12,17H,6-11,13-14,21H2,1-3H3;1H. The number of carbonyl (C=O) groups is 1. The summed E-state index contributed by atoms with van der Waals surface area (Å²) in [7, 11) is -3.51. The van der Waals surface area contributed by atoms with Crippen molar-refractivity contribution in [2.45, 2.75) is 44.9 Å². The number of halogens is 1. The molecule has 2 heterocycles. The Labute approximate surface area is 174 Å². The molecule has 0 bridgehead atoms. The summed E-state index contributed by atoms with van der Waals surface area (Å²) in [5.41, 5.74) is 7.67. The molecule has 0 saturated carbocycles. The van der Waals surface area contributed by atoms with Gasteiger partial charge in [0, 0.05) is 32.1 Å². The predicted octanol–water partition coefficient (Wildman–Crippen LogP) is 2.32. The zero-order valence-corrected chi connectivity index (χ0v) is 18.6. The molecule has 1 unspecified atom stereocenters. The van der Waals surface area contributed by atoms with Crippen LogP contribution in [0, 0.1) is 25.2 Å². The zero-order chi connectivity index (χ0) is 19.8. The monoisotopic (exact) mass is 429 g/mol. The van der Waals surface area contributed by atoms with Crippen molar-refractivity contribution in [3.05, 3.63) is 29.3 Å². The number of aryl methyl sites for hydroxylation is 2. The molecule has 0 aromatic heterocycles. The van der Waals surface area contributed by atoms with Crippen LogP contribution in [0.4, 0.5) is 0 Å². The number of rotatable bonds is 4. The van der Waals surface area contributed by atoms with Crippen molar-refractivity contribution in [2.75, 3.05) is 32.7 Å². The van der Waals surface area contributed by atoms with Gasteiger partial charge >= 0.3 is 0 Å². The largest absolute Gasteiger partial charge is 0.342 e. The van der Waals surface area contributed by atoms with E-state index in [0.29, 0.717) is 43.9 Å². The fourth-order valence-electron chi connectivity index (χ4n) is 4.21. The SMILES string of the molecule is Cc1ccc(S(=O)(=O)N2CCC(C(=O)N3CCC(C)(CN)C3)CC2)c(C)c1.Cl. The number of likely N-dealkylation sites (tertiary alicyclic amines) is 1. The Hall–Kier alpha value is -1.15. The Morgan fingerprint density at radius 1 is 1.21 bits per heavy atom. The number of nitrogens with zero attached hydrogens (tertiary/aromatic N) is 2. The molecule has 1 aromatic carbocycles. The van der Waals surface area contributed by atoms with Gasteiger partial charge in [-0.15, -0.1) is 12.4 Å². The lowest BCUT2D eigenvalue weighted by Crippen LogP contribution is -2.44. The van der Waals surface area contributed by atoms with Gasteiger partial charge in [-0.25, -0.2) is 8.42 Å². The van der Waals surface area contributed by atoms with Crippen LogP contribution in [0.3, 0.4) is 0 Å². The van der Waals surface area contributed by atoms with Crippen molar-refractivity contribution in [1.29, 1.82) is 0 Å². The first-order valence-corrected chi connectivity index (χ1v) is 11.2. The van der Waals surface area contributed by atoms with Crippen LogP contribution >= 0.6 is 12.4 Å². The molecule has 2 saturated heterocycles. The lowest BCUT2D eigenvalue weighted by molar-refractivity contribution is -0.136. The summed E-state index contributed by atoms with van der Waals surface area (Å²) < 4.78 is 27.5. The highest BCUT2D eigenvalue weighted by molar-refractivity contribution is 7.89. The molecule has 2 N–H and O–H groups in total. The third-order valence-corrected chi connectivity index (χ3v) is 8.17. The van der Waals surface area contributed by atoms with E-state index in [0.717, 1.165) is 24.1 Å². The Bertz CT molecular complexity index is 822. The molecular formula is C20H32ClN3O3S. The van der Waals surface area contributed by atoms with E-state index in [1.165, 1.54) is 4.31 Å². The third-order valence-electron chi connectivity index (χ3n) is 6.11. The second-order valence-corrected chi connectivity index (χ2v) is 10.4. The summed E-state index contributed by atoms with van der Waals surface area (Å²) in [5, 5.41) is 0. The molecule has 2 aliphatic rings.